The van der Waals surface area contributed by atoms with Gasteiger partial charge in [-0.1, -0.05) is 34.1 Å². The molecular weight excluding hydrogens is 148 g/mol. The van der Waals surface area contributed by atoms with Crippen LogP contribution in [-0.4, -0.2) is 5.78 Å². The van der Waals surface area contributed by atoms with Crippen LogP contribution in [0.2, 0.25) is 0 Å². The lowest BCUT2D eigenvalue weighted by Crippen LogP contribution is -2.18. The zero-order chi connectivity index (χ0) is 9.72. The Labute approximate surface area is 76.6 Å². The zero-order valence-electron chi connectivity index (χ0n) is 9.05. The molecule has 0 aromatic carbocycles. The quantitative estimate of drug-likeness (QED) is 0.619. The summed E-state index contributed by atoms with van der Waals surface area (Å²) < 4.78 is 0. The van der Waals surface area contributed by atoms with E-state index in [9.17, 15) is 4.79 Å². The fourth-order valence-electron chi connectivity index (χ4n) is 1.57. The van der Waals surface area contributed by atoms with Crippen LogP contribution < -0.4 is 0 Å². The highest BCUT2D eigenvalue weighted by Gasteiger charge is 2.18. The Morgan fingerprint density at radius 1 is 1.17 bits per heavy atom. The molecule has 0 saturated heterocycles. The lowest BCUT2D eigenvalue weighted by atomic mass is 9.81. The molecule has 3 atom stereocenters. The van der Waals surface area contributed by atoms with Gasteiger partial charge in [0.05, 0.1) is 0 Å². The van der Waals surface area contributed by atoms with E-state index in [2.05, 4.69) is 27.7 Å². The third-order valence-corrected chi connectivity index (χ3v) is 3.05. The van der Waals surface area contributed by atoms with Crippen LogP contribution in [-0.2, 0) is 4.79 Å². The van der Waals surface area contributed by atoms with Crippen LogP contribution >= 0.6 is 0 Å². The van der Waals surface area contributed by atoms with Crippen LogP contribution in [0.1, 0.15) is 47.5 Å². The van der Waals surface area contributed by atoms with Gasteiger partial charge in [-0.3, -0.25) is 0 Å². The standard InChI is InChI=1S/C11H22O/c1-6-8(2)11(5)9(3)7-10(4)12/h8-9,11H,6-7H2,1-5H3. The van der Waals surface area contributed by atoms with E-state index in [1.807, 2.05) is 0 Å². The van der Waals surface area contributed by atoms with Gasteiger partial charge in [0.2, 0.25) is 0 Å². The molecule has 0 amide bonds. The Morgan fingerprint density at radius 3 is 2.00 bits per heavy atom. The zero-order valence-corrected chi connectivity index (χ0v) is 9.05. The van der Waals surface area contributed by atoms with Crippen molar-refractivity contribution in [3.05, 3.63) is 0 Å². The second-order valence-corrected chi connectivity index (χ2v) is 4.13. The Balaban J connectivity index is 3.91. The highest BCUT2D eigenvalue weighted by Crippen LogP contribution is 2.25. The molecule has 0 aliphatic heterocycles. The molecule has 0 aromatic rings. The second kappa shape index (κ2) is 5.34. The molecule has 0 saturated carbocycles. The number of ketones is 1. The van der Waals surface area contributed by atoms with Gasteiger partial charge in [0.15, 0.2) is 0 Å². The first-order valence-electron chi connectivity index (χ1n) is 4.98. The van der Waals surface area contributed by atoms with Crippen molar-refractivity contribution in [3.8, 4) is 0 Å². The van der Waals surface area contributed by atoms with Crippen molar-refractivity contribution < 1.29 is 4.79 Å². The maximum Gasteiger partial charge on any atom is 0.130 e. The van der Waals surface area contributed by atoms with E-state index >= 15 is 0 Å². The maximum atomic E-state index is 10.9. The van der Waals surface area contributed by atoms with Gasteiger partial charge in [-0.2, -0.15) is 0 Å². The van der Waals surface area contributed by atoms with Crippen LogP contribution in [0.25, 0.3) is 0 Å². The summed E-state index contributed by atoms with van der Waals surface area (Å²) in [5.41, 5.74) is 0. The summed E-state index contributed by atoms with van der Waals surface area (Å²) >= 11 is 0. The van der Waals surface area contributed by atoms with Gasteiger partial charge in [-0.25, -0.2) is 0 Å². The van der Waals surface area contributed by atoms with E-state index in [0.29, 0.717) is 17.6 Å². The third-order valence-electron chi connectivity index (χ3n) is 3.05. The number of hydrogen-bond acceptors (Lipinski definition) is 1. The molecule has 3 unspecified atom stereocenters. The van der Waals surface area contributed by atoms with E-state index in [4.69, 9.17) is 0 Å². The SMILES string of the molecule is CCC(C)C(C)C(C)CC(C)=O. The Hall–Kier alpha value is -0.330. The number of Topliss-reactive ketones (excluding diaryl/α,β-unsaturated/α-hetero) is 1. The second-order valence-electron chi connectivity index (χ2n) is 4.13. The van der Waals surface area contributed by atoms with Gasteiger partial charge >= 0.3 is 0 Å². The van der Waals surface area contributed by atoms with E-state index < -0.39 is 0 Å². The van der Waals surface area contributed by atoms with Crippen LogP contribution in [0.4, 0.5) is 0 Å². The highest BCUT2D eigenvalue weighted by atomic mass is 16.1. The van der Waals surface area contributed by atoms with Gasteiger partial charge in [-0.15, -0.1) is 0 Å². The maximum absolute atomic E-state index is 10.9. The fourth-order valence-corrected chi connectivity index (χ4v) is 1.57. The van der Waals surface area contributed by atoms with E-state index in [0.717, 1.165) is 12.3 Å². The predicted molar refractivity (Wildman–Crippen MR) is 53.1 cm³/mol. The molecule has 0 rings (SSSR count). The molecule has 0 fully saturated rings. The van der Waals surface area contributed by atoms with Crippen LogP contribution in [0.5, 0.6) is 0 Å². The summed E-state index contributed by atoms with van der Waals surface area (Å²) in [7, 11) is 0. The predicted octanol–water partition coefficient (Wildman–Crippen LogP) is 3.28. The van der Waals surface area contributed by atoms with Crippen LogP contribution in [0.3, 0.4) is 0 Å². The number of rotatable bonds is 5. The van der Waals surface area contributed by atoms with Gasteiger partial charge < -0.3 is 4.79 Å². The van der Waals surface area contributed by atoms with Crippen LogP contribution in [0.15, 0.2) is 0 Å². The molecule has 72 valence electrons. The first kappa shape index (κ1) is 11.7. The van der Waals surface area contributed by atoms with Gasteiger partial charge in [0, 0.05) is 6.42 Å². The largest absolute Gasteiger partial charge is 0.300 e. The van der Waals surface area contributed by atoms with E-state index in [1.54, 1.807) is 6.92 Å². The van der Waals surface area contributed by atoms with Crippen molar-refractivity contribution in [1.29, 1.82) is 0 Å². The minimum Gasteiger partial charge on any atom is -0.300 e. The first-order valence-corrected chi connectivity index (χ1v) is 4.98. The monoisotopic (exact) mass is 170 g/mol. The number of carbonyl (C=O) groups is 1. The summed E-state index contributed by atoms with van der Waals surface area (Å²) in [5.74, 6) is 2.26. The molecule has 0 heterocycles. The van der Waals surface area contributed by atoms with Gasteiger partial charge in [0.1, 0.15) is 5.78 Å². The Morgan fingerprint density at radius 2 is 1.67 bits per heavy atom. The summed E-state index contributed by atoms with van der Waals surface area (Å²) in [6, 6.07) is 0. The smallest absolute Gasteiger partial charge is 0.130 e. The first-order chi connectivity index (χ1) is 5.49. The third kappa shape index (κ3) is 3.89. The van der Waals surface area contributed by atoms with Crippen molar-refractivity contribution >= 4 is 5.78 Å². The molecule has 0 spiro atoms. The minimum absolute atomic E-state index is 0.317. The Bertz CT molecular complexity index is 140. The molecule has 0 aliphatic rings. The fraction of sp³-hybridized carbons (Fsp3) is 0.909. The average Bonchev–Trinajstić information content (AvgIpc) is 2.00. The van der Waals surface area contributed by atoms with E-state index in [1.165, 1.54) is 6.42 Å². The molecule has 12 heavy (non-hydrogen) atoms. The van der Waals surface area contributed by atoms with Crippen LogP contribution in [0, 0.1) is 17.8 Å². The molecule has 1 heteroatoms. The lowest BCUT2D eigenvalue weighted by Gasteiger charge is -2.24. The van der Waals surface area contributed by atoms with Gasteiger partial charge in [0.25, 0.3) is 0 Å². The molecule has 0 aromatic heterocycles. The van der Waals surface area contributed by atoms with Crippen molar-refractivity contribution in [2.45, 2.75) is 47.5 Å². The minimum atomic E-state index is 0.317. The average molecular weight is 170 g/mol. The van der Waals surface area contributed by atoms with Crippen molar-refractivity contribution in [1.82, 2.24) is 0 Å². The van der Waals surface area contributed by atoms with Crippen molar-refractivity contribution in [2.24, 2.45) is 17.8 Å². The summed E-state index contributed by atoms with van der Waals surface area (Å²) in [6.45, 7) is 10.6. The number of carbonyl (C=O) groups excluding carboxylic acids is 1. The molecule has 1 nitrogen and oxygen atoms in total. The Kier molecular flexibility index (Phi) is 5.19. The molecule has 0 radical (unpaired) electrons. The molecule has 0 aliphatic carbocycles. The van der Waals surface area contributed by atoms with Crippen molar-refractivity contribution in [3.63, 3.8) is 0 Å². The molecular formula is C11H22O. The molecule has 0 bridgehead atoms. The highest BCUT2D eigenvalue weighted by molar-refractivity contribution is 5.75. The summed E-state index contributed by atoms with van der Waals surface area (Å²) in [5, 5.41) is 0. The summed E-state index contributed by atoms with van der Waals surface area (Å²) in [6.07, 6.45) is 1.95. The molecule has 0 N–H and O–H groups in total. The summed E-state index contributed by atoms with van der Waals surface area (Å²) in [4.78, 5) is 10.9. The van der Waals surface area contributed by atoms with Gasteiger partial charge in [-0.05, 0) is 24.7 Å². The normalized spacial score (nSPS) is 18.4. The van der Waals surface area contributed by atoms with Crippen molar-refractivity contribution in [2.75, 3.05) is 0 Å². The van der Waals surface area contributed by atoms with E-state index in [-0.39, 0.29) is 0 Å². The number of hydrogen-bond donors (Lipinski definition) is 0. The topological polar surface area (TPSA) is 17.1 Å². The lowest BCUT2D eigenvalue weighted by molar-refractivity contribution is -0.118.